The van der Waals surface area contributed by atoms with Crippen LogP contribution in [-0.2, 0) is 17.9 Å². The Morgan fingerprint density at radius 3 is 2.39 bits per heavy atom. The number of fused-ring (bicyclic) bond motifs is 1. The lowest BCUT2D eigenvalue weighted by Crippen LogP contribution is -2.45. The number of carbonyl (C=O) groups is 1. The molecule has 4 heterocycles. The lowest BCUT2D eigenvalue weighted by Gasteiger charge is -2.39. The van der Waals surface area contributed by atoms with Gasteiger partial charge in [0.1, 0.15) is 12.4 Å². The number of anilines is 4. The molecule has 4 aliphatic rings. The third-order valence-corrected chi connectivity index (χ3v) is 8.80. The summed E-state index contributed by atoms with van der Waals surface area (Å²) in [5, 5.41) is 21.4. The summed E-state index contributed by atoms with van der Waals surface area (Å²) in [5.74, 6) is 0.844. The van der Waals surface area contributed by atoms with Crippen LogP contribution in [0.25, 0.3) is 0 Å². The topological polar surface area (TPSA) is 106 Å². The summed E-state index contributed by atoms with van der Waals surface area (Å²) in [7, 11) is 0. The first-order chi connectivity index (χ1) is 17.4. The van der Waals surface area contributed by atoms with Crippen molar-refractivity contribution in [2.75, 3.05) is 28.2 Å². The lowest BCUT2D eigenvalue weighted by atomic mass is 9.90. The SMILES string of the molecule is CC1CCCC(C)N1c1nc2c(c(Nc3ccc(N4CCC5(CC4)CC5C(=O)O)cc3)n1)CN=NC2. The van der Waals surface area contributed by atoms with E-state index in [9.17, 15) is 9.90 Å². The van der Waals surface area contributed by atoms with Gasteiger partial charge in [-0.1, -0.05) is 0 Å². The summed E-state index contributed by atoms with van der Waals surface area (Å²) in [6.45, 7) is 7.34. The molecule has 6 rings (SSSR count). The molecule has 1 aromatic carbocycles. The van der Waals surface area contributed by atoms with Gasteiger partial charge in [-0.2, -0.15) is 15.2 Å². The predicted octanol–water partition coefficient (Wildman–Crippen LogP) is 5.14. The van der Waals surface area contributed by atoms with Crippen LogP contribution in [0.4, 0.5) is 23.1 Å². The predicted molar refractivity (Wildman–Crippen MR) is 139 cm³/mol. The molecule has 9 nitrogen and oxygen atoms in total. The fourth-order valence-corrected chi connectivity index (χ4v) is 6.44. The normalized spacial score (nSPS) is 26.6. The molecule has 0 amide bonds. The molecule has 1 aromatic heterocycles. The van der Waals surface area contributed by atoms with E-state index in [4.69, 9.17) is 9.97 Å². The van der Waals surface area contributed by atoms with Gasteiger partial charge in [0.2, 0.25) is 5.95 Å². The van der Waals surface area contributed by atoms with E-state index in [-0.39, 0.29) is 11.3 Å². The summed E-state index contributed by atoms with van der Waals surface area (Å²) >= 11 is 0. The van der Waals surface area contributed by atoms with E-state index in [0.717, 1.165) is 73.9 Å². The fourth-order valence-electron chi connectivity index (χ4n) is 6.44. The average molecular weight is 490 g/mol. The molecule has 36 heavy (non-hydrogen) atoms. The van der Waals surface area contributed by atoms with Crippen LogP contribution in [0.5, 0.6) is 0 Å². The van der Waals surface area contributed by atoms with E-state index in [1.165, 1.54) is 12.1 Å². The third kappa shape index (κ3) is 4.18. The molecule has 3 atom stereocenters. The van der Waals surface area contributed by atoms with Gasteiger partial charge in [0, 0.05) is 42.1 Å². The van der Waals surface area contributed by atoms with Gasteiger partial charge in [-0.25, -0.2) is 4.98 Å². The highest BCUT2D eigenvalue weighted by molar-refractivity contribution is 5.75. The molecular formula is C27H35N7O2. The number of hydrogen-bond donors (Lipinski definition) is 2. The molecule has 2 saturated heterocycles. The van der Waals surface area contributed by atoms with Crippen molar-refractivity contribution in [1.29, 1.82) is 0 Å². The van der Waals surface area contributed by atoms with Crippen LogP contribution in [0.2, 0.25) is 0 Å². The molecule has 3 fully saturated rings. The molecule has 0 bridgehead atoms. The zero-order valence-electron chi connectivity index (χ0n) is 21.2. The number of benzene rings is 1. The van der Waals surface area contributed by atoms with Crippen molar-refractivity contribution in [1.82, 2.24) is 9.97 Å². The Balaban J connectivity index is 1.19. The van der Waals surface area contributed by atoms with E-state index >= 15 is 0 Å². The fraction of sp³-hybridized carbons (Fsp3) is 0.593. The molecule has 3 aliphatic heterocycles. The van der Waals surface area contributed by atoms with Crippen molar-refractivity contribution in [2.45, 2.75) is 77.5 Å². The van der Waals surface area contributed by atoms with Crippen molar-refractivity contribution in [2.24, 2.45) is 21.6 Å². The van der Waals surface area contributed by atoms with Crippen molar-refractivity contribution >= 4 is 29.1 Å². The highest BCUT2D eigenvalue weighted by atomic mass is 16.4. The van der Waals surface area contributed by atoms with Crippen LogP contribution in [-0.4, -0.2) is 46.2 Å². The Labute approximate surface area is 212 Å². The summed E-state index contributed by atoms with van der Waals surface area (Å²) in [5.41, 5.74) is 4.19. The average Bonchev–Trinajstić information content (AvgIpc) is 3.58. The second kappa shape index (κ2) is 9.01. The first-order valence-corrected chi connectivity index (χ1v) is 13.3. The number of aromatic nitrogens is 2. The Hall–Kier alpha value is -3.23. The molecule has 2 aromatic rings. The standard InChI is InChI=1S/C27H35N7O2/c1-17-4-3-5-18(2)34(17)26-31-23-16-29-28-15-21(23)24(32-26)30-19-6-8-20(9-7-19)33-12-10-27(11-13-33)14-22(27)25(35)36/h6-9,17-18,22H,3-5,10-16H2,1-2H3,(H,35,36)(H,30,31,32). The first-order valence-electron chi connectivity index (χ1n) is 13.3. The van der Waals surface area contributed by atoms with Crippen LogP contribution < -0.4 is 15.1 Å². The minimum absolute atomic E-state index is 0.0499. The molecule has 3 unspecified atom stereocenters. The van der Waals surface area contributed by atoms with E-state index in [0.29, 0.717) is 25.2 Å². The second-order valence-corrected chi connectivity index (χ2v) is 11.0. The van der Waals surface area contributed by atoms with E-state index in [1.807, 2.05) is 0 Å². The number of nitrogens with zero attached hydrogens (tertiary/aromatic N) is 6. The van der Waals surface area contributed by atoms with Crippen LogP contribution in [0.15, 0.2) is 34.5 Å². The Morgan fingerprint density at radius 1 is 1.03 bits per heavy atom. The molecule has 190 valence electrons. The largest absolute Gasteiger partial charge is 0.481 e. The van der Waals surface area contributed by atoms with E-state index in [2.05, 4.69) is 63.5 Å². The maximum Gasteiger partial charge on any atom is 0.307 e. The Morgan fingerprint density at radius 2 is 1.72 bits per heavy atom. The van der Waals surface area contributed by atoms with Crippen LogP contribution >= 0.6 is 0 Å². The van der Waals surface area contributed by atoms with Crippen LogP contribution in [0.3, 0.4) is 0 Å². The molecule has 2 N–H and O–H groups in total. The third-order valence-electron chi connectivity index (χ3n) is 8.80. The molecule has 1 spiro atoms. The van der Waals surface area contributed by atoms with Crippen LogP contribution in [0, 0.1) is 11.3 Å². The van der Waals surface area contributed by atoms with E-state index in [1.54, 1.807) is 0 Å². The van der Waals surface area contributed by atoms with Gasteiger partial charge in [-0.3, -0.25) is 4.79 Å². The maximum absolute atomic E-state index is 11.4. The van der Waals surface area contributed by atoms with Crippen LogP contribution in [0.1, 0.15) is 63.6 Å². The number of carboxylic acid groups (broad SMARTS) is 1. The van der Waals surface area contributed by atoms with Gasteiger partial charge in [0.25, 0.3) is 0 Å². The number of nitrogens with one attached hydrogen (secondary N) is 1. The first kappa shape index (κ1) is 23.2. The number of piperidine rings is 2. The number of rotatable bonds is 5. The van der Waals surface area contributed by atoms with Gasteiger partial charge >= 0.3 is 5.97 Å². The summed E-state index contributed by atoms with van der Waals surface area (Å²) in [4.78, 5) is 26.0. The molecule has 9 heteroatoms. The number of aliphatic carboxylic acids is 1. The number of azo groups is 1. The Bertz CT molecular complexity index is 1160. The van der Waals surface area contributed by atoms with Crippen molar-refractivity contribution in [3.63, 3.8) is 0 Å². The smallest absolute Gasteiger partial charge is 0.307 e. The molecule has 1 aliphatic carbocycles. The van der Waals surface area contributed by atoms with Crippen molar-refractivity contribution < 1.29 is 9.90 Å². The van der Waals surface area contributed by atoms with Gasteiger partial charge in [-0.15, -0.1) is 0 Å². The van der Waals surface area contributed by atoms with Gasteiger partial charge in [0.15, 0.2) is 0 Å². The zero-order chi connectivity index (χ0) is 24.9. The molecular weight excluding hydrogens is 454 g/mol. The zero-order valence-corrected chi connectivity index (χ0v) is 21.2. The van der Waals surface area contributed by atoms with Gasteiger partial charge in [0.05, 0.1) is 18.2 Å². The monoisotopic (exact) mass is 489 g/mol. The summed E-state index contributed by atoms with van der Waals surface area (Å²) in [6.07, 6.45) is 6.32. The maximum atomic E-state index is 11.4. The highest BCUT2D eigenvalue weighted by Gasteiger charge is 2.58. The quantitative estimate of drug-likeness (QED) is 0.599. The summed E-state index contributed by atoms with van der Waals surface area (Å²) < 4.78 is 0. The Kier molecular flexibility index (Phi) is 5.80. The lowest BCUT2D eigenvalue weighted by molar-refractivity contribution is -0.139. The number of carboxylic acids is 1. The number of hydrogen-bond acceptors (Lipinski definition) is 8. The van der Waals surface area contributed by atoms with Crippen molar-refractivity contribution in [3.8, 4) is 0 Å². The molecule has 0 radical (unpaired) electrons. The van der Waals surface area contributed by atoms with Gasteiger partial charge < -0.3 is 20.2 Å². The van der Waals surface area contributed by atoms with E-state index < -0.39 is 5.97 Å². The van der Waals surface area contributed by atoms with Crippen molar-refractivity contribution in [3.05, 3.63) is 35.5 Å². The van der Waals surface area contributed by atoms with Gasteiger partial charge in [-0.05, 0) is 82.1 Å². The second-order valence-electron chi connectivity index (χ2n) is 11.0. The molecule has 1 saturated carbocycles. The minimum Gasteiger partial charge on any atom is -0.481 e. The summed E-state index contributed by atoms with van der Waals surface area (Å²) in [6, 6.07) is 9.31. The highest BCUT2D eigenvalue weighted by Crippen LogP contribution is 2.59. The minimum atomic E-state index is -0.625.